The molecule has 11 heavy (non-hydrogen) atoms. The fraction of sp³-hybridized carbons (Fsp3) is 0.400. The number of hydrogen-bond donors (Lipinski definition) is 1. The molecule has 0 spiro atoms. The minimum Gasteiger partial charge on any atom is -0.381 e. The van der Waals surface area contributed by atoms with Gasteiger partial charge in [-0.15, -0.1) is 0 Å². The van der Waals surface area contributed by atoms with Crippen LogP contribution < -0.4 is 5.32 Å². The normalized spacial score (nSPS) is 23.0. The molecule has 1 N–H and O–H groups in total. The first-order chi connectivity index (χ1) is 5.29. The third-order valence-electron chi connectivity index (χ3n) is 2.51. The van der Waals surface area contributed by atoms with Gasteiger partial charge in [0.2, 0.25) is 0 Å². The van der Waals surface area contributed by atoms with E-state index in [2.05, 4.69) is 24.9 Å². The minimum atomic E-state index is 0.997. The summed E-state index contributed by atoms with van der Waals surface area (Å²) in [5.74, 6) is 0. The third-order valence-corrected chi connectivity index (χ3v) is 2.51. The van der Waals surface area contributed by atoms with Crippen LogP contribution in [0.2, 0.25) is 0 Å². The van der Waals surface area contributed by atoms with Crippen LogP contribution in [0.4, 0.5) is 0 Å². The summed E-state index contributed by atoms with van der Waals surface area (Å²) >= 11 is 0. The smallest absolute Gasteiger partial charge is 0.0406 e. The molecule has 0 amide bonds. The molecule has 1 fully saturated rings. The summed E-state index contributed by atoms with van der Waals surface area (Å²) in [6.07, 6.45) is 4.71. The van der Waals surface area contributed by atoms with Crippen LogP contribution in [0, 0.1) is 0 Å². The van der Waals surface area contributed by atoms with E-state index in [9.17, 15) is 0 Å². The number of allylic oxidation sites excluding steroid dienone is 3. The zero-order chi connectivity index (χ0) is 7.84. The van der Waals surface area contributed by atoms with Crippen molar-refractivity contribution in [3.8, 4) is 0 Å². The Morgan fingerprint density at radius 2 is 2.36 bits per heavy atom. The molecule has 1 aliphatic carbocycles. The van der Waals surface area contributed by atoms with Crippen molar-refractivity contribution < 1.29 is 0 Å². The van der Waals surface area contributed by atoms with Crippen molar-refractivity contribution in [1.82, 2.24) is 5.32 Å². The van der Waals surface area contributed by atoms with Gasteiger partial charge in [-0.05, 0) is 30.9 Å². The zero-order valence-electron chi connectivity index (χ0n) is 6.91. The lowest BCUT2D eigenvalue weighted by molar-refractivity contribution is 0.916. The maximum absolute atomic E-state index is 3.96. The molecular weight excluding hydrogens is 134 g/mol. The Kier molecular flexibility index (Phi) is 1.38. The molecule has 1 nitrogen and oxygen atoms in total. The van der Waals surface area contributed by atoms with Gasteiger partial charge < -0.3 is 5.32 Å². The fourth-order valence-electron chi connectivity index (χ4n) is 1.78. The lowest BCUT2D eigenvalue weighted by atomic mass is 9.93. The van der Waals surface area contributed by atoms with Crippen molar-refractivity contribution in [2.45, 2.75) is 19.8 Å². The van der Waals surface area contributed by atoms with Crippen LogP contribution >= 0.6 is 0 Å². The van der Waals surface area contributed by atoms with Crippen molar-refractivity contribution in [3.63, 3.8) is 0 Å². The summed E-state index contributed by atoms with van der Waals surface area (Å²) in [6, 6.07) is 0. The van der Waals surface area contributed by atoms with Crippen LogP contribution in [-0.4, -0.2) is 6.54 Å². The monoisotopic (exact) mass is 147 g/mol. The molecule has 0 aromatic heterocycles. The second kappa shape index (κ2) is 2.26. The van der Waals surface area contributed by atoms with Gasteiger partial charge in [-0.2, -0.15) is 0 Å². The van der Waals surface area contributed by atoms with Crippen molar-refractivity contribution in [1.29, 1.82) is 0 Å². The molecule has 0 saturated carbocycles. The molecule has 2 aliphatic rings. The van der Waals surface area contributed by atoms with Gasteiger partial charge >= 0.3 is 0 Å². The molecule has 1 saturated heterocycles. The van der Waals surface area contributed by atoms with Gasteiger partial charge in [0.05, 0.1) is 0 Å². The minimum absolute atomic E-state index is 0.997. The van der Waals surface area contributed by atoms with Crippen molar-refractivity contribution >= 4 is 0 Å². The quantitative estimate of drug-likeness (QED) is 0.553. The Hall–Kier alpha value is -0.980. The van der Waals surface area contributed by atoms with Gasteiger partial charge in [-0.3, -0.25) is 0 Å². The van der Waals surface area contributed by atoms with Gasteiger partial charge in [-0.1, -0.05) is 18.2 Å². The van der Waals surface area contributed by atoms with E-state index in [4.69, 9.17) is 0 Å². The predicted octanol–water partition coefficient (Wildman–Crippen LogP) is 2.14. The Balaban J connectivity index is 2.46. The van der Waals surface area contributed by atoms with E-state index in [0.29, 0.717) is 0 Å². The van der Waals surface area contributed by atoms with Crippen LogP contribution in [0.15, 0.2) is 35.1 Å². The number of nitrogens with one attached hydrogen (secondary N) is 1. The van der Waals surface area contributed by atoms with E-state index in [0.717, 1.165) is 12.2 Å². The highest BCUT2D eigenvalue weighted by Gasteiger charge is 2.20. The highest BCUT2D eigenvalue weighted by molar-refractivity contribution is 5.53. The highest BCUT2D eigenvalue weighted by Crippen LogP contribution is 2.31. The lowest BCUT2D eigenvalue weighted by Gasteiger charge is -2.11. The second-order valence-electron chi connectivity index (χ2n) is 3.25. The molecule has 0 radical (unpaired) electrons. The number of fused-ring (bicyclic) bond motifs is 1. The van der Waals surface area contributed by atoms with Gasteiger partial charge in [0.15, 0.2) is 0 Å². The number of rotatable bonds is 0. The molecule has 0 atom stereocenters. The molecule has 2 rings (SSSR count). The third kappa shape index (κ3) is 0.917. The highest BCUT2D eigenvalue weighted by atomic mass is 14.9. The molecule has 1 aliphatic heterocycles. The molecule has 0 aromatic rings. The largest absolute Gasteiger partial charge is 0.381 e. The van der Waals surface area contributed by atoms with Gasteiger partial charge in [0.1, 0.15) is 0 Å². The van der Waals surface area contributed by atoms with Crippen molar-refractivity contribution in [2.24, 2.45) is 0 Å². The molecular formula is C10H13N. The van der Waals surface area contributed by atoms with E-state index in [1.807, 2.05) is 0 Å². The molecule has 1 heteroatoms. The summed E-state index contributed by atoms with van der Waals surface area (Å²) < 4.78 is 0. The Bertz CT molecular complexity index is 269. The van der Waals surface area contributed by atoms with Gasteiger partial charge in [0.25, 0.3) is 0 Å². The summed E-state index contributed by atoms with van der Waals surface area (Å²) in [5, 5.41) is 3.27. The Labute approximate surface area is 67.5 Å². The van der Waals surface area contributed by atoms with E-state index in [-0.39, 0.29) is 0 Å². The first-order valence-corrected chi connectivity index (χ1v) is 4.11. The van der Waals surface area contributed by atoms with E-state index >= 15 is 0 Å². The molecule has 0 aromatic carbocycles. The van der Waals surface area contributed by atoms with Crippen LogP contribution in [0.1, 0.15) is 19.8 Å². The van der Waals surface area contributed by atoms with Crippen LogP contribution in [0.25, 0.3) is 0 Å². The van der Waals surface area contributed by atoms with Gasteiger partial charge in [-0.25, -0.2) is 0 Å². The maximum Gasteiger partial charge on any atom is 0.0406 e. The van der Waals surface area contributed by atoms with E-state index < -0.39 is 0 Å². The average Bonchev–Trinajstić information content (AvgIpc) is 2.35. The summed E-state index contributed by atoms with van der Waals surface area (Å²) in [5.41, 5.74) is 5.50. The Morgan fingerprint density at radius 1 is 1.55 bits per heavy atom. The summed E-state index contributed by atoms with van der Waals surface area (Å²) in [4.78, 5) is 0. The molecule has 1 heterocycles. The van der Waals surface area contributed by atoms with Crippen LogP contribution in [-0.2, 0) is 0 Å². The number of hydrogen-bond acceptors (Lipinski definition) is 1. The fourth-order valence-corrected chi connectivity index (χ4v) is 1.78. The Morgan fingerprint density at radius 3 is 3.09 bits per heavy atom. The van der Waals surface area contributed by atoms with E-state index in [1.54, 1.807) is 0 Å². The standard InChI is InChI=1S/C10H13N/c1-7-4-3-5-9-8(2)11-6-10(7)9/h5,11H,2-4,6H2,1H3. The van der Waals surface area contributed by atoms with Gasteiger partial charge in [0, 0.05) is 12.2 Å². The average molecular weight is 147 g/mol. The van der Waals surface area contributed by atoms with Crippen molar-refractivity contribution in [3.05, 3.63) is 35.1 Å². The van der Waals surface area contributed by atoms with E-state index in [1.165, 1.54) is 29.6 Å². The van der Waals surface area contributed by atoms with Crippen LogP contribution in [0.5, 0.6) is 0 Å². The summed E-state index contributed by atoms with van der Waals surface area (Å²) in [7, 11) is 0. The summed E-state index contributed by atoms with van der Waals surface area (Å²) in [6.45, 7) is 7.18. The maximum atomic E-state index is 3.96. The topological polar surface area (TPSA) is 12.0 Å². The van der Waals surface area contributed by atoms with Crippen molar-refractivity contribution in [2.75, 3.05) is 6.54 Å². The zero-order valence-corrected chi connectivity index (χ0v) is 6.91. The lowest BCUT2D eigenvalue weighted by Crippen LogP contribution is -2.03. The second-order valence-corrected chi connectivity index (χ2v) is 3.25. The van der Waals surface area contributed by atoms with Crippen LogP contribution in [0.3, 0.4) is 0 Å². The molecule has 0 unspecified atom stereocenters. The predicted molar refractivity (Wildman–Crippen MR) is 47.2 cm³/mol. The molecule has 58 valence electrons. The molecule has 0 bridgehead atoms. The first kappa shape index (κ1) is 6.71. The SMILES string of the molecule is C=C1NCC2=C(C)CCC=C12. The first-order valence-electron chi connectivity index (χ1n) is 4.11.